The van der Waals surface area contributed by atoms with Crippen molar-refractivity contribution < 1.29 is 0 Å². The molecule has 4 heteroatoms. The van der Waals surface area contributed by atoms with Gasteiger partial charge < -0.3 is 0 Å². The molecule has 0 aliphatic rings. The standard InChI is InChI=1S/C14H15N3.ClH/c1-2-5-13(6-3-1)7-4-10-16-17-14-8-11-15-12-9-14;/h1-3,5-6,8-12H,4,7H2,(H,15,17);1H/b16-10-;. The van der Waals surface area contributed by atoms with E-state index in [0.29, 0.717) is 0 Å². The van der Waals surface area contributed by atoms with Crippen LogP contribution >= 0.6 is 12.4 Å². The van der Waals surface area contributed by atoms with Crippen molar-refractivity contribution in [1.29, 1.82) is 0 Å². The van der Waals surface area contributed by atoms with E-state index in [1.54, 1.807) is 12.4 Å². The molecule has 0 fully saturated rings. The Morgan fingerprint density at radius 3 is 2.50 bits per heavy atom. The molecule has 94 valence electrons. The van der Waals surface area contributed by atoms with Crippen molar-refractivity contribution in [2.45, 2.75) is 12.8 Å². The van der Waals surface area contributed by atoms with E-state index in [-0.39, 0.29) is 12.4 Å². The van der Waals surface area contributed by atoms with E-state index < -0.39 is 0 Å². The van der Waals surface area contributed by atoms with E-state index in [9.17, 15) is 0 Å². The normalized spacial score (nSPS) is 10.0. The summed E-state index contributed by atoms with van der Waals surface area (Å²) in [4.78, 5) is 3.94. The molecular formula is C14H16ClN3. The quantitative estimate of drug-likeness (QED) is 0.660. The Kier molecular flexibility index (Phi) is 6.51. The highest BCUT2D eigenvalue weighted by Gasteiger charge is 1.89. The number of anilines is 1. The third-order valence-corrected chi connectivity index (χ3v) is 2.37. The molecule has 0 unspecified atom stereocenters. The van der Waals surface area contributed by atoms with Gasteiger partial charge in [0.25, 0.3) is 0 Å². The number of hydrogen-bond acceptors (Lipinski definition) is 3. The highest BCUT2D eigenvalue weighted by Crippen LogP contribution is 2.03. The molecule has 18 heavy (non-hydrogen) atoms. The van der Waals surface area contributed by atoms with Crippen LogP contribution in [0.1, 0.15) is 12.0 Å². The van der Waals surface area contributed by atoms with Crippen LogP contribution in [0.4, 0.5) is 5.69 Å². The first-order valence-corrected chi connectivity index (χ1v) is 5.66. The molecule has 1 aromatic heterocycles. The molecule has 0 saturated carbocycles. The molecule has 0 radical (unpaired) electrons. The van der Waals surface area contributed by atoms with Crippen LogP contribution in [0.15, 0.2) is 60.0 Å². The fourth-order valence-corrected chi connectivity index (χ4v) is 1.49. The second-order valence-electron chi connectivity index (χ2n) is 3.68. The minimum absolute atomic E-state index is 0. The number of hydrogen-bond donors (Lipinski definition) is 1. The number of nitrogens with zero attached hydrogens (tertiary/aromatic N) is 2. The van der Waals surface area contributed by atoms with Crippen LogP contribution in [0.2, 0.25) is 0 Å². The van der Waals surface area contributed by atoms with Crippen molar-refractivity contribution >= 4 is 24.3 Å². The van der Waals surface area contributed by atoms with Gasteiger partial charge in [0.15, 0.2) is 0 Å². The van der Waals surface area contributed by atoms with E-state index in [4.69, 9.17) is 0 Å². The predicted octanol–water partition coefficient (Wildman–Crippen LogP) is 3.53. The summed E-state index contributed by atoms with van der Waals surface area (Å²) in [5, 5.41) is 4.15. The second-order valence-corrected chi connectivity index (χ2v) is 3.68. The Morgan fingerprint density at radius 1 is 1.06 bits per heavy atom. The van der Waals surface area contributed by atoms with Crippen molar-refractivity contribution in [3.63, 3.8) is 0 Å². The topological polar surface area (TPSA) is 37.3 Å². The van der Waals surface area contributed by atoms with Gasteiger partial charge in [-0.1, -0.05) is 30.3 Å². The van der Waals surface area contributed by atoms with Gasteiger partial charge in [-0.15, -0.1) is 12.4 Å². The maximum absolute atomic E-state index is 4.15. The highest BCUT2D eigenvalue weighted by molar-refractivity contribution is 5.85. The molecular weight excluding hydrogens is 246 g/mol. The van der Waals surface area contributed by atoms with E-state index in [2.05, 4.69) is 39.8 Å². The van der Waals surface area contributed by atoms with Crippen LogP contribution in [0.3, 0.4) is 0 Å². The summed E-state index contributed by atoms with van der Waals surface area (Å²) >= 11 is 0. The number of pyridine rings is 1. The van der Waals surface area contributed by atoms with Crippen molar-refractivity contribution in [2.24, 2.45) is 5.10 Å². The second kappa shape index (κ2) is 8.25. The van der Waals surface area contributed by atoms with Gasteiger partial charge in [-0.2, -0.15) is 5.10 Å². The summed E-state index contributed by atoms with van der Waals surface area (Å²) in [7, 11) is 0. The van der Waals surface area contributed by atoms with Gasteiger partial charge in [0.05, 0.1) is 5.69 Å². The van der Waals surface area contributed by atoms with Gasteiger partial charge in [-0.3, -0.25) is 10.4 Å². The van der Waals surface area contributed by atoms with Crippen LogP contribution in [0.25, 0.3) is 0 Å². The minimum atomic E-state index is 0. The predicted molar refractivity (Wildman–Crippen MR) is 78.4 cm³/mol. The highest BCUT2D eigenvalue weighted by atomic mass is 35.5. The Balaban J connectivity index is 0.00000162. The van der Waals surface area contributed by atoms with Crippen LogP contribution in [-0.4, -0.2) is 11.2 Å². The molecule has 0 saturated heterocycles. The Labute approximate surface area is 113 Å². The van der Waals surface area contributed by atoms with E-state index in [1.165, 1.54) is 5.56 Å². The van der Waals surface area contributed by atoms with Gasteiger partial charge in [0.1, 0.15) is 0 Å². The zero-order chi connectivity index (χ0) is 11.8. The number of halogens is 1. The number of aryl methyl sites for hydroxylation is 1. The lowest BCUT2D eigenvalue weighted by Gasteiger charge is -1.98. The molecule has 1 heterocycles. The summed E-state index contributed by atoms with van der Waals surface area (Å²) in [6.07, 6.45) is 7.32. The van der Waals surface area contributed by atoms with Crippen LogP contribution < -0.4 is 5.43 Å². The van der Waals surface area contributed by atoms with E-state index >= 15 is 0 Å². The lowest BCUT2D eigenvalue weighted by molar-refractivity contribution is 1.05. The molecule has 2 rings (SSSR count). The molecule has 0 bridgehead atoms. The zero-order valence-electron chi connectivity index (χ0n) is 9.99. The van der Waals surface area contributed by atoms with Gasteiger partial charge in [0, 0.05) is 18.6 Å². The molecule has 0 aliphatic carbocycles. The number of rotatable bonds is 5. The molecule has 0 atom stereocenters. The largest absolute Gasteiger partial charge is 0.279 e. The zero-order valence-corrected chi connectivity index (χ0v) is 10.8. The molecule has 3 nitrogen and oxygen atoms in total. The SMILES string of the molecule is C(/CCc1ccccc1)=N/Nc1ccncc1.Cl. The average Bonchev–Trinajstić information content (AvgIpc) is 2.41. The fourth-order valence-electron chi connectivity index (χ4n) is 1.49. The summed E-state index contributed by atoms with van der Waals surface area (Å²) < 4.78 is 0. The maximum atomic E-state index is 4.15. The summed E-state index contributed by atoms with van der Waals surface area (Å²) in [6.45, 7) is 0. The Hall–Kier alpha value is -1.87. The third-order valence-electron chi connectivity index (χ3n) is 2.37. The molecule has 0 amide bonds. The molecule has 1 N–H and O–H groups in total. The number of aromatic nitrogens is 1. The van der Waals surface area contributed by atoms with Gasteiger partial charge in [-0.25, -0.2) is 0 Å². The Morgan fingerprint density at radius 2 is 1.78 bits per heavy atom. The smallest absolute Gasteiger partial charge is 0.0592 e. The van der Waals surface area contributed by atoms with Crippen LogP contribution in [0, 0.1) is 0 Å². The van der Waals surface area contributed by atoms with Crippen molar-refractivity contribution in [2.75, 3.05) is 5.43 Å². The van der Waals surface area contributed by atoms with Crippen molar-refractivity contribution in [3.8, 4) is 0 Å². The van der Waals surface area contributed by atoms with Crippen molar-refractivity contribution in [1.82, 2.24) is 4.98 Å². The van der Waals surface area contributed by atoms with E-state index in [1.807, 2.05) is 24.4 Å². The first-order chi connectivity index (χ1) is 8.45. The summed E-state index contributed by atoms with van der Waals surface area (Å²) in [6, 6.07) is 14.2. The molecule has 1 aromatic carbocycles. The maximum Gasteiger partial charge on any atom is 0.0592 e. The summed E-state index contributed by atoms with van der Waals surface area (Å²) in [5.74, 6) is 0. The van der Waals surface area contributed by atoms with Gasteiger partial charge in [0.2, 0.25) is 0 Å². The number of hydrazone groups is 1. The molecule has 0 aliphatic heterocycles. The van der Waals surface area contributed by atoms with Crippen LogP contribution in [-0.2, 0) is 6.42 Å². The monoisotopic (exact) mass is 261 g/mol. The first kappa shape index (κ1) is 14.2. The number of nitrogens with one attached hydrogen (secondary N) is 1. The fraction of sp³-hybridized carbons (Fsp3) is 0.143. The molecule has 0 spiro atoms. The van der Waals surface area contributed by atoms with Crippen LogP contribution in [0.5, 0.6) is 0 Å². The summed E-state index contributed by atoms with van der Waals surface area (Å²) in [5.41, 5.74) is 5.25. The van der Waals surface area contributed by atoms with Crippen molar-refractivity contribution in [3.05, 3.63) is 60.4 Å². The average molecular weight is 262 g/mol. The van der Waals surface area contributed by atoms with Gasteiger partial charge >= 0.3 is 0 Å². The lowest BCUT2D eigenvalue weighted by Crippen LogP contribution is -1.91. The Bertz CT molecular complexity index is 457. The first-order valence-electron chi connectivity index (χ1n) is 5.66. The minimum Gasteiger partial charge on any atom is -0.279 e. The third kappa shape index (κ3) is 4.97. The lowest BCUT2D eigenvalue weighted by atomic mass is 10.1. The molecule has 2 aromatic rings. The van der Waals surface area contributed by atoms with E-state index in [0.717, 1.165) is 18.5 Å². The number of benzene rings is 1. The van der Waals surface area contributed by atoms with Gasteiger partial charge in [-0.05, 0) is 30.5 Å².